The first-order valence-corrected chi connectivity index (χ1v) is 12.1. The Balaban J connectivity index is 1.34. The summed E-state index contributed by atoms with van der Waals surface area (Å²) in [6.45, 7) is 1.40. The molecule has 0 radical (unpaired) electrons. The quantitative estimate of drug-likeness (QED) is 0.346. The van der Waals surface area contributed by atoms with Gasteiger partial charge in [-0.3, -0.25) is 19.4 Å². The number of aromatic nitrogens is 4. The lowest BCUT2D eigenvalue weighted by molar-refractivity contribution is -0.139. The predicted octanol–water partition coefficient (Wildman–Crippen LogP) is 3.03. The number of hydrogen-bond acceptors (Lipinski definition) is 7. The molecule has 2 atom stereocenters. The van der Waals surface area contributed by atoms with Crippen LogP contribution in [0.25, 0.3) is 10.9 Å². The second kappa shape index (κ2) is 10.8. The molecule has 3 aromatic heterocycles. The Morgan fingerprint density at radius 3 is 2.63 bits per heavy atom. The van der Waals surface area contributed by atoms with Crippen molar-refractivity contribution in [2.24, 2.45) is 0 Å². The van der Waals surface area contributed by atoms with E-state index in [0.29, 0.717) is 22.2 Å². The topological polar surface area (TPSA) is 122 Å². The molecule has 0 unspecified atom stereocenters. The second-order valence-electron chi connectivity index (χ2n) is 9.18. The number of halogens is 1. The van der Waals surface area contributed by atoms with Crippen molar-refractivity contribution in [1.29, 1.82) is 0 Å². The van der Waals surface area contributed by atoms with E-state index in [1.807, 2.05) is 18.2 Å². The van der Waals surface area contributed by atoms with E-state index in [2.05, 4.69) is 25.6 Å². The van der Waals surface area contributed by atoms with Crippen molar-refractivity contribution in [3.63, 3.8) is 0 Å². The van der Waals surface area contributed by atoms with E-state index in [1.54, 1.807) is 47.7 Å². The average Bonchev–Trinajstić information content (AvgIpc) is 3.49. The standard InChI is InChI=1S/C27H26FN7O3/c1-17(36)23-14-34(24-5-4-20(8-22(23)24)33-21-11-30-16-31-12-21)15-26(37)35-13-19(28)7-25(35)27(38)32-10-18-3-2-6-29-9-18/h2-6,8-9,11-12,14,16,19,25,33H,7,10,13,15H2,1H3,(H,32,38)/t19-,25+/m1/s1. The number of fused-ring (bicyclic) bond motifs is 1. The van der Waals surface area contributed by atoms with Crippen molar-refractivity contribution >= 4 is 39.9 Å². The molecular weight excluding hydrogens is 489 g/mol. The second-order valence-corrected chi connectivity index (χ2v) is 9.18. The maximum atomic E-state index is 14.4. The zero-order chi connectivity index (χ0) is 26.6. The fourth-order valence-corrected chi connectivity index (χ4v) is 4.67. The largest absolute Gasteiger partial charge is 0.353 e. The number of Topliss-reactive ketones (excluding diaryl/α,β-unsaturated/α-hetero) is 1. The molecule has 4 aromatic rings. The third kappa shape index (κ3) is 5.36. The number of nitrogens with one attached hydrogen (secondary N) is 2. The van der Waals surface area contributed by atoms with Crippen molar-refractivity contribution in [3.05, 3.63) is 78.8 Å². The van der Waals surface area contributed by atoms with Crippen LogP contribution in [0.4, 0.5) is 15.8 Å². The summed E-state index contributed by atoms with van der Waals surface area (Å²) in [4.78, 5) is 51.9. The third-order valence-electron chi connectivity index (χ3n) is 6.48. The number of amides is 2. The van der Waals surface area contributed by atoms with Crippen molar-refractivity contribution in [2.75, 3.05) is 11.9 Å². The molecule has 1 saturated heterocycles. The Hall–Kier alpha value is -4.67. The first-order chi connectivity index (χ1) is 18.4. The van der Waals surface area contributed by atoms with Crippen molar-refractivity contribution in [2.45, 2.75) is 38.6 Å². The number of alkyl halides is 1. The molecule has 11 heteroatoms. The predicted molar refractivity (Wildman–Crippen MR) is 138 cm³/mol. The van der Waals surface area contributed by atoms with Crippen LogP contribution in [-0.2, 0) is 22.7 Å². The molecule has 5 rings (SSSR count). The summed E-state index contributed by atoms with van der Waals surface area (Å²) < 4.78 is 16.0. The van der Waals surface area contributed by atoms with E-state index >= 15 is 0 Å². The summed E-state index contributed by atoms with van der Waals surface area (Å²) in [5.74, 6) is -0.967. The van der Waals surface area contributed by atoms with E-state index in [9.17, 15) is 18.8 Å². The minimum atomic E-state index is -1.29. The first-order valence-electron chi connectivity index (χ1n) is 12.1. The summed E-state index contributed by atoms with van der Waals surface area (Å²) in [6.07, 6.45) is 8.23. The highest BCUT2D eigenvalue weighted by atomic mass is 19.1. The molecule has 194 valence electrons. The smallest absolute Gasteiger partial charge is 0.243 e. The Kier molecular flexibility index (Phi) is 7.07. The molecule has 0 spiro atoms. The van der Waals surface area contributed by atoms with Crippen LogP contribution in [0.5, 0.6) is 0 Å². The number of pyridine rings is 1. The van der Waals surface area contributed by atoms with Crippen LogP contribution in [0.1, 0.15) is 29.3 Å². The number of anilines is 2. The highest BCUT2D eigenvalue weighted by Gasteiger charge is 2.39. The molecule has 38 heavy (non-hydrogen) atoms. The minimum Gasteiger partial charge on any atom is -0.353 e. The lowest BCUT2D eigenvalue weighted by Crippen LogP contribution is -2.46. The summed E-state index contributed by atoms with van der Waals surface area (Å²) in [7, 11) is 0. The lowest BCUT2D eigenvalue weighted by atomic mass is 10.1. The summed E-state index contributed by atoms with van der Waals surface area (Å²) in [6, 6.07) is 8.12. The fourth-order valence-electron chi connectivity index (χ4n) is 4.67. The molecule has 0 bridgehead atoms. The number of rotatable bonds is 8. The van der Waals surface area contributed by atoms with Gasteiger partial charge in [-0.05, 0) is 36.8 Å². The number of likely N-dealkylation sites (tertiary alicyclic amines) is 1. The third-order valence-corrected chi connectivity index (χ3v) is 6.48. The van der Waals surface area contributed by atoms with Gasteiger partial charge in [-0.25, -0.2) is 14.4 Å². The molecule has 1 aliphatic rings. The first kappa shape index (κ1) is 25.0. The average molecular weight is 516 g/mol. The normalized spacial score (nSPS) is 16.9. The van der Waals surface area contributed by atoms with Crippen LogP contribution in [0.3, 0.4) is 0 Å². The summed E-state index contributed by atoms with van der Waals surface area (Å²) in [5, 5.41) is 6.64. The molecule has 0 saturated carbocycles. The number of hydrogen-bond donors (Lipinski definition) is 2. The van der Waals surface area contributed by atoms with E-state index < -0.39 is 24.0 Å². The van der Waals surface area contributed by atoms with Gasteiger partial charge in [0.05, 0.1) is 24.6 Å². The van der Waals surface area contributed by atoms with Crippen LogP contribution in [0.15, 0.2) is 67.6 Å². The maximum Gasteiger partial charge on any atom is 0.243 e. The van der Waals surface area contributed by atoms with Crippen LogP contribution in [0.2, 0.25) is 0 Å². The van der Waals surface area contributed by atoms with Gasteiger partial charge in [-0.15, -0.1) is 0 Å². The highest BCUT2D eigenvalue weighted by molar-refractivity contribution is 6.08. The van der Waals surface area contributed by atoms with Gasteiger partial charge in [-0.1, -0.05) is 6.07 Å². The zero-order valence-corrected chi connectivity index (χ0v) is 20.7. The van der Waals surface area contributed by atoms with Gasteiger partial charge in [0, 0.05) is 53.7 Å². The molecule has 4 heterocycles. The number of benzene rings is 1. The Morgan fingerprint density at radius 1 is 1.08 bits per heavy atom. The van der Waals surface area contributed by atoms with Crippen LogP contribution < -0.4 is 10.6 Å². The van der Waals surface area contributed by atoms with Crippen LogP contribution in [-0.4, -0.2) is 60.8 Å². The molecule has 2 N–H and O–H groups in total. The van der Waals surface area contributed by atoms with Gasteiger partial charge in [0.15, 0.2) is 5.78 Å². The zero-order valence-electron chi connectivity index (χ0n) is 20.7. The minimum absolute atomic E-state index is 0.0615. The number of ketones is 1. The highest BCUT2D eigenvalue weighted by Crippen LogP contribution is 2.28. The molecule has 2 amide bonds. The van der Waals surface area contributed by atoms with Gasteiger partial charge in [-0.2, -0.15) is 0 Å². The van der Waals surface area contributed by atoms with Gasteiger partial charge in [0.1, 0.15) is 25.1 Å². The molecule has 1 aliphatic heterocycles. The monoisotopic (exact) mass is 515 g/mol. The van der Waals surface area contributed by atoms with E-state index in [0.717, 1.165) is 11.3 Å². The summed E-state index contributed by atoms with van der Waals surface area (Å²) in [5.41, 5.74) is 3.35. The van der Waals surface area contributed by atoms with E-state index in [4.69, 9.17) is 0 Å². The summed E-state index contributed by atoms with van der Waals surface area (Å²) >= 11 is 0. The van der Waals surface area contributed by atoms with Gasteiger partial charge in [0.2, 0.25) is 11.8 Å². The number of carbonyl (C=O) groups excluding carboxylic acids is 3. The van der Waals surface area contributed by atoms with Crippen molar-refractivity contribution < 1.29 is 18.8 Å². The fraction of sp³-hybridized carbons (Fsp3) is 0.259. The SMILES string of the molecule is CC(=O)c1cn(CC(=O)N2C[C@H](F)C[C@H]2C(=O)NCc2cccnc2)c2ccc(Nc3cncnc3)cc12. The molecular formula is C27H26FN7O3. The van der Waals surface area contributed by atoms with Gasteiger partial charge in [0.25, 0.3) is 0 Å². The lowest BCUT2D eigenvalue weighted by Gasteiger charge is -2.24. The van der Waals surface area contributed by atoms with Crippen molar-refractivity contribution in [1.82, 2.24) is 29.7 Å². The van der Waals surface area contributed by atoms with Gasteiger partial charge >= 0.3 is 0 Å². The Morgan fingerprint density at radius 2 is 1.89 bits per heavy atom. The van der Waals surface area contributed by atoms with Crippen LogP contribution in [0, 0.1) is 0 Å². The molecule has 1 aromatic carbocycles. The Labute approximate surface area is 217 Å². The number of nitrogens with zero attached hydrogens (tertiary/aromatic N) is 5. The maximum absolute atomic E-state index is 14.4. The van der Waals surface area contributed by atoms with E-state index in [-0.39, 0.29) is 31.8 Å². The van der Waals surface area contributed by atoms with E-state index in [1.165, 1.54) is 18.2 Å². The van der Waals surface area contributed by atoms with Gasteiger partial charge < -0.3 is 20.1 Å². The van der Waals surface area contributed by atoms with Crippen LogP contribution >= 0.6 is 0 Å². The molecule has 10 nitrogen and oxygen atoms in total. The Bertz CT molecular complexity index is 1480. The number of carbonyl (C=O) groups is 3. The molecule has 1 fully saturated rings. The molecule has 0 aliphatic carbocycles. The van der Waals surface area contributed by atoms with Crippen molar-refractivity contribution in [3.8, 4) is 0 Å².